The number of methoxy groups -OCH3 is 1. The van der Waals surface area contributed by atoms with Crippen molar-refractivity contribution in [3.8, 4) is 0 Å². The lowest BCUT2D eigenvalue weighted by atomic mass is 9.99. The number of ether oxygens (including phenoxy) is 1. The lowest BCUT2D eigenvalue weighted by Gasteiger charge is -2.35. The van der Waals surface area contributed by atoms with Gasteiger partial charge in [-0.2, -0.15) is 0 Å². The molecule has 0 aliphatic carbocycles. The Hall–Kier alpha value is -2.67. The highest BCUT2D eigenvalue weighted by Gasteiger charge is 2.25. The zero-order valence-corrected chi connectivity index (χ0v) is 15.7. The summed E-state index contributed by atoms with van der Waals surface area (Å²) >= 11 is 0. The fourth-order valence-corrected chi connectivity index (χ4v) is 3.11. The third-order valence-electron chi connectivity index (χ3n) is 4.63. The SMILES string of the molecule is COC(=O)c1ccc(NC(=O)/C(C)=C/C(=O)N2CCCCC2CCO)cc1. The van der Waals surface area contributed by atoms with Crippen LogP contribution in [0.5, 0.6) is 0 Å². The molecule has 0 saturated carbocycles. The number of aliphatic hydroxyl groups excluding tert-OH is 1. The summed E-state index contributed by atoms with van der Waals surface area (Å²) in [5.41, 5.74) is 1.20. The smallest absolute Gasteiger partial charge is 0.337 e. The highest BCUT2D eigenvalue weighted by Crippen LogP contribution is 2.20. The van der Waals surface area contributed by atoms with E-state index in [9.17, 15) is 19.5 Å². The Kier molecular flexibility index (Phi) is 7.55. The molecule has 1 aliphatic rings. The molecule has 1 aromatic carbocycles. The van der Waals surface area contributed by atoms with Crippen LogP contribution in [-0.4, -0.2) is 54.1 Å². The van der Waals surface area contributed by atoms with E-state index in [2.05, 4.69) is 10.1 Å². The van der Waals surface area contributed by atoms with E-state index in [0.29, 0.717) is 29.8 Å². The van der Waals surface area contributed by atoms with Crippen molar-refractivity contribution < 1.29 is 24.2 Å². The summed E-state index contributed by atoms with van der Waals surface area (Å²) in [7, 11) is 1.30. The van der Waals surface area contributed by atoms with Crippen molar-refractivity contribution in [3.05, 3.63) is 41.5 Å². The zero-order valence-electron chi connectivity index (χ0n) is 15.7. The number of carbonyl (C=O) groups excluding carboxylic acids is 3. The van der Waals surface area contributed by atoms with Gasteiger partial charge >= 0.3 is 5.97 Å². The van der Waals surface area contributed by atoms with Crippen molar-refractivity contribution in [1.82, 2.24) is 4.90 Å². The number of amides is 2. The molecular weight excluding hydrogens is 348 g/mol. The Morgan fingerprint density at radius 2 is 1.96 bits per heavy atom. The van der Waals surface area contributed by atoms with Gasteiger partial charge in [-0.3, -0.25) is 9.59 Å². The van der Waals surface area contributed by atoms with Gasteiger partial charge in [0, 0.05) is 36.5 Å². The minimum atomic E-state index is -0.450. The minimum absolute atomic E-state index is 0.0224. The van der Waals surface area contributed by atoms with Crippen molar-refractivity contribution in [1.29, 1.82) is 0 Å². The van der Waals surface area contributed by atoms with E-state index in [1.165, 1.54) is 13.2 Å². The fraction of sp³-hybridized carbons (Fsp3) is 0.450. The highest BCUT2D eigenvalue weighted by molar-refractivity contribution is 6.07. The summed E-state index contributed by atoms with van der Waals surface area (Å²) in [5, 5.41) is 11.9. The van der Waals surface area contributed by atoms with Crippen molar-refractivity contribution in [2.75, 3.05) is 25.6 Å². The number of anilines is 1. The predicted octanol–water partition coefficient (Wildman–Crippen LogP) is 2.12. The van der Waals surface area contributed by atoms with Gasteiger partial charge in [-0.25, -0.2) is 4.79 Å². The molecule has 1 unspecified atom stereocenters. The van der Waals surface area contributed by atoms with Gasteiger partial charge in [0.2, 0.25) is 5.91 Å². The number of nitrogens with zero attached hydrogens (tertiary/aromatic N) is 1. The topological polar surface area (TPSA) is 95.9 Å². The number of hydrogen-bond acceptors (Lipinski definition) is 5. The highest BCUT2D eigenvalue weighted by atomic mass is 16.5. The monoisotopic (exact) mass is 374 g/mol. The predicted molar refractivity (Wildman–Crippen MR) is 101 cm³/mol. The molecule has 7 heteroatoms. The average molecular weight is 374 g/mol. The van der Waals surface area contributed by atoms with Gasteiger partial charge in [-0.1, -0.05) is 0 Å². The molecule has 27 heavy (non-hydrogen) atoms. The van der Waals surface area contributed by atoms with Crippen LogP contribution in [0.1, 0.15) is 43.0 Å². The first kappa shape index (κ1) is 20.6. The molecule has 7 nitrogen and oxygen atoms in total. The first-order valence-electron chi connectivity index (χ1n) is 9.05. The van der Waals surface area contributed by atoms with E-state index < -0.39 is 5.97 Å². The van der Waals surface area contributed by atoms with Crippen molar-refractivity contribution in [3.63, 3.8) is 0 Å². The number of aliphatic hydroxyl groups is 1. The molecule has 0 radical (unpaired) electrons. The number of hydrogen-bond donors (Lipinski definition) is 2. The summed E-state index contributed by atoms with van der Waals surface area (Å²) in [5.74, 6) is -1.04. The molecule has 2 N–H and O–H groups in total. The third-order valence-corrected chi connectivity index (χ3v) is 4.63. The second-order valence-electron chi connectivity index (χ2n) is 6.54. The van der Waals surface area contributed by atoms with Crippen molar-refractivity contribution >= 4 is 23.5 Å². The van der Waals surface area contributed by atoms with Crippen LogP contribution in [0, 0.1) is 0 Å². The third kappa shape index (κ3) is 5.65. The summed E-state index contributed by atoms with van der Waals surface area (Å²) < 4.78 is 4.63. The Morgan fingerprint density at radius 3 is 2.59 bits per heavy atom. The molecule has 1 aliphatic heterocycles. The van der Waals surface area contributed by atoms with Gasteiger partial charge in [-0.05, 0) is 56.9 Å². The standard InChI is InChI=1S/C20H26N2O5/c1-14(13-18(24)22-11-4-3-5-17(22)10-12-23)19(25)21-16-8-6-15(7-9-16)20(26)27-2/h6-9,13,17,23H,3-5,10-12H2,1-2H3,(H,21,25)/b14-13+. The normalized spacial score (nSPS) is 17.4. The van der Waals surface area contributed by atoms with Crippen LogP contribution in [0.25, 0.3) is 0 Å². The Balaban J connectivity index is 2.00. The van der Waals surface area contributed by atoms with Crippen LogP contribution >= 0.6 is 0 Å². The average Bonchev–Trinajstić information content (AvgIpc) is 2.68. The maximum atomic E-state index is 12.5. The number of benzene rings is 1. The molecule has 1 aromatic rings. The van der Waals surface area contributed by atoms with E-state index in [-0.39, 0.29) is 24.5 Å². The first-order chi connectivity index (χ1) is 13.0. The lowest BCUT2D eigenvalue weighted by Crippen LogP contribution is -2.43. The number of esters is 1. The first-order valence-corrected chi connectivity index (χ1v) is 9.05. The van der Waals surface area contributed by atoms with E-state index >= 15 is 0 Å². The maximum Gasteiger partial charge on any atom is 0.337 e. The quantitative estimate of drug-likeness (QED) is 0.587. The zero-order chi connectivity index (χ0) is 19.8. The number of rotatable bonds is 6. The Morgan fingerprint density at radius 1 is 1.26 bits per heavy atom. The summed E-state index contributed by atoms with van der Waals surface area (Å²) in [6.07, 6.45) is 4.74. The van der Waals surface area contributed by atoms with E-state index in [0.717, 1.165) is 19.3 Å². The molecule has 1 fully saturated rings. The van der Waals surface area contributed by atoms with E-state index in [4.69, 9.17) is 0 Å². The summed E-state index contributed by atoms with van der Waals surface area (Å²) in [4.78, 5) is 38.0. The second-order valence-corrected chi connectivity index (χ2v) is 6.54. The molecule has 1 heterocycles. The van der Waals surface area contributed by atoms with Crippen molar-refractivity contribution in [2.45, 2.75) is 38.6 Å². The maximum absolute atomic E-state index is 12.5. The van der Waals surface area contributed by atoms with Crippen LogP contribution < -0.4 is 5.32 Å². The fourth-order valence-electron chi connectivity index (χ4n) is 3.11. The van der Waals surface area contributed by atoms with Gasteiger partial charge in [0.05, 0.1) is 12.7 Å². The molecule has 2 amide bonds. The molecule has 146 valence electrons. The van der Waals surface area contributed by atoms with Gasteiger partial charge in [-0.15, -0.1) is 0 Å². The van der Waals surface area contributed by atoms with Gasteiger partial charge in [0.1, 0.15) is 0 Å². The van der Waals surface area contributed by atoms with E-state index in [1.807, 2.05) is 0 Å². The number of carbonyl (C=O) groups is 3. The number of piperidine rings is 1. The molecule has 1 atom stereocenters. The Labute approximate surface area is 159 Å². The minimum Gasteiger partial charge on any atom is -0.465 e. The van der Waals surface area contributed by atoms with Gasteiger partial charge in [0.25, 0.3) is 5.91 Å². The number of nitrogens with one attached hydrogen (secondary N) is 1. The van der Waals surface area contributed by atoms with Crippen LogP contribution in [0.15, 0.2) is 35.9 Å². The largest absolute Gasteiger partial charge is 0.465 e. The lowest BCUT2D eigenvalue weighted by molar-refractivity contribution is -0.130. The molecule has 2 rings (SSSR count). The van der Waals surface area contributed by atoms with Crippen LogP contribution in [-0.2, 0) is 14.3 Å². The molecule has 1 saturated heterocycles. The number of likely N-dealkylation sites (tertiary alicyclic amines) is 1. The summed E-state index contributed by atoms with van der Waals surface area (Å²) in [6.45, 7) is 2.27. The van der Waals surface area contributed by atoms with Gasteiger partial charge in [0.15, 0.2) is 0 Å². The molecule has 0 bridgehead atoms. The molecular formula is C20H26N2O5. The van der Waals surface area contributed by atoms with Crippen LogP contribution in [0.4, 0.5) is 5.69 Å². The summed E-state index contributed by atoms with van der Waals surface area (Å²) in [6, 6.07) is 6.33. The Bertz CT molecular complexity index is 710. The molecule has 0 spiro atoms. The van der Waals surface area contributed by atoms with Crippen molar-refractivity contribution in [2.24, 2.45) is 0 Å². The van der Waals surface area contributed by atoms with Crippen LogP contribution in [0.2, 0.25) is 0 Å². The second kappa shape index (κ2) is 9.87. The van der Waals surface area contributed by atoms with Gasteiger partial charge < -0.3 is 20.1 Å². The van der Waals surface area contributed by atoms with Crippen LogP contribution in [0.3, 0.4) is 0 Å². The van der Waals surface area contributed by atoms with E-state index in [1.54, 1.807) is 36.1 Å². The molecule has 0 aromatic heterocycles.